The van der Waals surface area contributed by atoms with Gasteiger partial charge in [-0.3, -0.25) is 4.79 Å². The number of nitrogens with two attached hydrogens (primary N) is 1. The van der Waals surface area contributed by atoms with E-state index in [4.69, 9.17) is 5.14 Å². The van der Waals surface area contributed by atoms with Crippen molar-refractivity contribution >= 4 is 27.0 Å². The molecule has 2 aromatic heterocycles. The summed E-state index contributed by atoms with van der Waals surface area (Å²) >= 11 is 0. The second-order valence-electron chi connectivity index (χ2n) is 6.63. The normalized spacial score (nSPS) is 13.1. The highest BCUT2D eigenvalue weighted by Crippen LogP contribution is 2.19. The largest absolute Gasteiger partial charge is 0.345 e. The zero-order valence-corrected chi connectivity index (χ0v) is 16.1. The predicted octanol–water partition coefficient (Wildman–Crippen LogP) is 2.15. The Bertz CT molecular complexity index is 1090. The van der Waals surface area contributed by atoms with E-state index in [2.05, 4.69) is 15.4 Å². The molecule has 0 bridgehead atoms. The van der Waals surface area contributed by atoms with E-state index in [1.54, 1.807) is 29.1 Å². The fourth-order valence-electron chi connectivity index (χ4n) is 2.75. The van der Waals surface area contributed by atoms with Gasteiger partial charge >= 0.3 is 0 Å². The third-order valence-corrected chi connectivity index (χ3v) is 5.17. The number of primary sulfonamides is 1. The summed E-state index contributed by atoms with van der Waals surface area (Å²) in [5, 5.41) is 13.1. The molecule has 1 atom stereocenters. The summed E-state index contributed by atoms with van der Waals surface area (Å²) < 4.78 is 24.4. The third kappa shape index (κ3) is 3.99. The van der Waals surface area contributed by atoms with Crippen LogP contribution in [0.15, 0.2) is 47.6 Å². The first kappa shape index (κ1) is 19.0. The first-order chi connectivity index (χ1) is 12.7. The van der Waals surface area contributed by atoms with E-state index in [1.165, 1.54) is 18.3 Å². The molecule has 0 fully saturated rings. The fraction of sp³-hybridized carbons (Fsp3) is 0.278. The van der Waals surface area contributed by atoms with E-state index >= 15 is 0 Å². The molecule has 0 radical (unpaired) electrons. The van der Waals surface area contributed by atoms with E-state index in [0.29, 0.717) is 5.56 Å². The molecule has 1 aromatic carbocycles. The second-order valence-corrected chi connectivity index (χ2v) is 8.19. The van der Waals surface area contributed by atoms with E-state index in [1.807, 2.05) is 20.8 Å². The van der Waals surface area contributed by atoms with Crippen molar-refractivity contribution in [1.82, 2.24) is 20.1 Å². The van der Waals surface area contributed by atoms with E-state index in [0.717, 1.165) is 16.6 Å². The van der Waals surface area contributed by atoms with Crippen LogP contribution >= 0.6 is 0 Å². The molecule has 0 spiro atoms. The Morgan fingerprint density at radius 1 is 1.15 bits per heavy atom. The molecule has 8 nitrogen and oxygen atoms in total. The number of carbonyl (C=O) groups is 1. The average molecular weight is 387 g/mol. The van der Waals surface area contributed by atoms with Crippen LogP contribution in [-0.4, -0.2) is 29.1 Å². The lowest BCUT2D eigenvalue weighted by atomic mass is 10.1. The Balaban J connectivity index is 1.77. The van der Waals surface area contributed by atoms with Crippen molar-refractivity contribution in [3.8, 4) is 0 Å². The molecule has 0 saturated carbocycles. The summed E-state index contributed by atoms with van der Waals surface area (Å²) in [5.74, 6) is -0.273. The average Bonchev–Trinajstić information content (AvgIpc) is 3.04. The lowest BCUT2D eigenvalue weighted by Crippen LogP contribution is -2.26. The molecule has 3 aromatic rings. The molecule has 9 heteroatoms. The standard InChI is InChI=1S/C18H21N5O3S/c1-11(2)23-17-14(10-21-23)8-15(9-20-17)18(24)22-12(3)13-4-6-16(7-5-13)27(19,25)26/h4-12H,1-3H3,(H,22,24)(H2,19,25,26). The molecule has 27 heavy (non-hydrogen) atoms. The van der Waals surface area contributed by atoms with Crippen molar-refractivity contribution < 1.29 is 13.2 Å². The Hall–Kier alpha value is -2.78. The lowest BCUT2D eigenvalue weighted by molar-refractivity contribution is 0.0939. The number of pyridine rings is 1. The predicted molar refractivity (Wildman–Crippen MR) is 102 cm³/mol. The summed E-state index contributed by atoms with van der Waals surface area (Å²) in [6.07, 6.45) is 3.21. The smallest absolute Gasteiger partial charge is 0.253 e. The van der Waals surface area contributed by atoms with Gasteiger partial charge < -0.3 is 5.32 Å². The van der Waals surface area contributed by atoms with Gasteiger partial charge in [-0.25, -0.2) is 23.2 Å². The van der Waals surface area contributed by atoms with E-state index in [9.17, 15) is 13.2 Å². The Labute approximate surface area is 157 Å². The molecule has 3 rings (SSSR count). The number of benzene rings is 1. The molecule has 1 amide bonds. The number of hydrogen-bond donors (Lipinski definition) is 2. The summed E-state index contributed by atoms with van der Waals surface area (Å²) in [4.78, 5) is 16.9. The second kappa shape index (κ2) is 7.09. The Kier molecular flexibility index (Phi) is 4.99. The Morgan fingerprint density at radius 3 is 2.41 bits per heavy atom. The van der Waals surface area contributed by atoms with Gasteiger partial charge in [0.15, 0.2) is 5.65 Å². The summed E-state index contributed by atoms with van der Waals surface area (Å²) in [7, 11) is -3.74. The molecule has 0 aliphatic rings. The molecular formula is C18H21N5O3S. The number of rotatable bonds is 5. The van der Waals surface area contributed by atoms with Crippen molar-refractivity contribution in [2.75, 3.05) is 0 Å². The van der Waals surface area contributed by atoms with Crippen molar-refractivity contribution in [3.63, 3.8) is 0 Å². The van der Waals surface area contributed by atoms with E-state index < -0.39 is 10.0 Å². The molecular weight excluding hydrogens is 366 g/mol. The summed E-state index contributed by atoms with van der Waals surface area (Å²) in [6, 6.07) is 7.69. The van der Waals surface area contributed by atoms with Crippen LogP contribution in [0.25, 0.3) is 11.0 Å². The minimum absolute atomic E-state index is 0.0293. The van der Waals surface area contributed by atoms with Crippen LogP contribution < -0.4 is 10.5 Å². The SMILES string of the molecule is CC(NC(=O)c1cnc2c(cnn2C(C)C)c1)c1ccc(S(N)(=O)=O)cc1. The van der Waals surface area contributed by atoms with Crippen molar-refractivity contribution in [2.24, 2.45) is 5.14 Å². The number of nitrogens with one attached hydrogen (secondary N) is 1. The zero-order valence-electron chi connectivity index (χ0n) is 15.2. The minimum atomic E-state index is -3.74. The van der Waals surface area contributed by atoms with Crippen LogP contribution in [0.2, 0.25) is 0 Å². The highest BCUT2D eigenvalue weighted by atomic mass is 32.2. The van der Waals surface area contributed by atoms with Gasteiger partial charge in [-0.05, 0) is 44.5 Å². The number of aromatic nitrogens is 3. The number of fused-ring (bicyclic) bond motifs is 1. The van der Waals surface area contributed by atoms with Crippen molar-refractivity contribution in [3.05, 3.63) is 53.9 Å². The van der Waals surface area contributed by atoms with Crippen LogP contribution in [0.1, 0.15) is 48.8 Å². The number of carbonyl (C=O) groups excluding carboxylic acids is 1. The van der Waals surface area contributed by atoms with Gasteiger partial charge in [-0.2, -0.15) is 5.10 Å². The zero-order chi connectivity index (χ0) is 19.8. The lowest BCUT2D eigenvalue weighted by Gasteiger charge is -2.15. The molecule has 3 N–H and O–H groups in total. The highest BCUT2D eigenvalue weighted by Gasteiger charge is 2.15. The molecule has 0 aliphatic heterocycles. The molecule has 1 unspecified atom stereocenters. The molecule has 0 aliphatic carbocycles. The molecule has 0 saturated heterocycles. The topological polar surface area (TPSA) is 120 Å². The number of hydrogen-bond acceptors (Lipinski definition) is 5. The number of nitrogens with zero attached hydrogens (tertiary/aromatic N) is 3. The molecule has 142 valence electrons. The third-order valence-electron chi connectivity index (χ3n) is 4.24. The quantitative estimate of drug-likeness (QED) is 0.695. The maximum absolute atomic E-state index is 12.5. The van der Waals surface area contributed by atoms with Crippen LogP contribution in [0.5, 0.6) is 0 Å². The maximum atomic E-state index is 12.5. The monoisotopic (exact) mass is 387 g/mol. The first-order valence-corrected chi connectivity index (χ1v) is 9.98. The van der Waals surface area contributed by atoms with Gasteiger partial charge in [-0.1, -0.05) is 12.1 Å². The van der Waals surface area contributed by atoms with Gasteiger partial charge in [0.25, 0.3) is 5.91 Å². The molecule has 2 heterocycles. The Morgan fingerprint density at radius 2 is 1.81 bits per heavy atom. The maximum Gasteiger partial charge on any atom is 0.253 e. The van der Waals surface area contributed by atoms with Gasteiger partial charge in [0, 0.05) is 17.6 Å². The van der Waals surface area contributed by atoms with Crippen molar-refractivity contribution in [1.29, 1.82) is 0 Å². The number of amides is 1. The van der Waals surface area contributed by atoms with Gasteiger partial charge in [-0.15, -0.1) is 0 Å². The van der Waals surface area contributed by atoms with Crippen LogP contribution in [0.3, 0.4) is 0 Å². The van der Waals surface area contributed by atoms with Crippen LogP contribution in [0, 0.1) is 0 Å². The summed E-state index contributed by atoms with van der Waals surface area (Å²) in [6.45, 7) is 5.84. The van der Waals surface area contributed by atoms with Gasteiger partial charge in [0.1, 0.15) is 0 Å². The highest BCUT2D eigenvalue weighted by molar-refractivity contribution is 7.89. The van der Waals surface area contributed by atoms with Crippen LogP contribution in [-0.2, 0) is 10.0 Å². The number of sulfonamides is 1. The van der Waals surface area contributed by atoms with Gasteiger partial charge in [0.2, 0.25) is 10.0 Å². The van der Waals surface area contributed by atoms with Gasteiger partial charge in [0.05, 0.1) is 22.7 Å². The van der Waals surface area contributed by atoms with E-state index in [-0.39, 0.29) is 22.9 Å². The van der Waals surface area contributed by atoms with Crippen molar-refractivity contribution in [2.45, 2.75) is 37.8 Å². The fourth-order valence-corrected chi connectivity index (χ4v) is 3.27. The van der Waals surface area contributed by atoms with Crippen LogP contribution in [0.4, 0.5) is 0 Å². The minimum Gasteiger partial charge on any atom is -0.345 e. The summed E-state index contributed by atoms with van der Waals surface area (Å²) in [5.41, 5.74) is 1.92. The first-order valence-electron chi connectivity index (χ1n) is 8.43.